The van der Waals surface area contributed by atoms with Gasteiger partial charge in [-0.2, -0.15) is 0 Å². The van der Waals surface area contributed by atoms with Crippen LogP contribution in [0.3, 0.4) is 0 Å². The summed E-state index contributed by atoms with van der Waals surface area (Å²) in [6.45, 7) is 0.231. The summed E-state index contributed by atoms with van der Waals surface area (Å²) < 4.78 is 18.3. The molecule has 0 fully saturated rings. The predicted molar refractivity (Wildman–Crippen MR) is 73.1 cm³/mol. The third-order valence-electron chi connectivity index (χ3n) is 2.89. The molecule has 19 heavy (non-hydrogen) atoms. The first kappa shape index (κ1) is 13.3. The molecule has 0 aliphatic heterocycles. The Balaban J connectivity index is 2.40. The Hall–Kier alpha value is -2.14. The number of methoxy groups -OCH3 is 1. The van der Waals surface area contributed by atoms with Crippen molar-refractivity contribution >= 4 is 11.5 Å². The second-order valence-corrected chi connectivity index (χ2v) is 4.10. The lowest BCUT2D eigenvalue weighted by Gasteiger charge is -2.21. The normalized spacial score (nSPS) is 10.3. The fourth-order valence-electron chi connectivity index (χ4n) is 1.87. The van der Waals surface area contributed by atoms with Gasteiger partial charge in [-0.3, -0.25) is 0 Å². The van der Waals surface area contributed by atoms with Crippen LogP contribution in [-0.2, 0) is 6.54 Å². The van der Waals surface area contributed by atoms with Crippen molar-refractivity contribution in [3.8, 4) is 5.75 Å². The Kier molecular flexibility index (Phi) is 3.97. The fraction of sp³-hybridized carbons (Fsp3) is 0.214. The van der Waals surface area contributed by atoms with Gasteiger partial charge in [0.2, 0.25) is 0 Å². The Morgan fingerprint density at radius 3 is 2.84 bits per heavy atom. The number of nitrogens with zero attached hydrogens (tertiary/aromatic N) is 2. The summed E-state index contributed by atoms with van der Waals surface area (Å²) >= 11 is 0. The molecule has 1 heterocycles. The van der Waals surface area contributed by atoms with Gasteiger partial charge in [0.05, 0.1) is 13.3 Å². The van der Waals surface area contributed by atoms with Gasteiger partial charge in [0.15, 0.2) is 0 Å². The molecule has 0 aliphatic rings. The average Bonchev–Trinajstić information content (AvgIpc) is 2.46. The number of nitrogens with two attached hydrogens (primary N) is 1. The molecule has 0 atom stereocenters. The average molecular weight is 261 g/mol. The van der Waals surface area contributed by atoms with E-state index in [9.17, 15) is 4.39 Å². The molecule has 0 radical (unpaired) electrons. The largest absolute Gasteiger partial charge is 0.497 e. The van der Waals surface area contributed by atoms with E-state index in [0.29, 0.717) is 11.4 Å². The van der Waals surface area contributed by atoms with E-state index in [0.717, 1.165) is 11.4 Å². The van der Waals surface area contributed by atoms with Crippen LogP contribution in [0.5, 0.6) is 5.75 Å². The van der Waals surface area contributed by atoms with Crippen LogP contribution in [0.25, 0.3) is 0 Å². The Morgan fingerprint density at radius 1 is 1.37 bits per heavy atom. The van der Waals surface area contributed by atoms with Crippen molar-refractivity contribution in [3.63, 3.8) is 0 Å². The van der Waals surface area contributed by atoms with Crippen LogP contribution in [0.2, 0.25) is 0 Å². The van der Waals surface area contributed by atoms with Crippen molar-refractivity contribution in [3.05, 3.63) is 47.9 Å². The molecular formula is C14H16FN3O. The van der Waals surface area contributed by atoms with Crippen molar-refractivity contribution in [1.82, 2.24) is 4.98 Å². The lowest BCUT2D eigenvalue weighted by Crippen LogP contribution is -2.15. The topological polar surface area (TPSA) is 51.4 Å². The third kappa shape index (κ3) is 2.82. The van der Waals surface area contributed by atoms with E-state index in [-0.39, 0.29) is 12.4 Å². The second kappa shape index (κ2) is 5.67. The minimum atomic E-state index is -0.386. The van der Waals surface area contributed by atoms with Gasteiger partial charge in [0.1, 0.15) is 17.4 Å². The van der Waals surface area contributed by atoms with Crippen LogP contribution >= 0.6 is 0 Å². The highest BCUT2D eigenvalue weighted by Crippen LogP contribution is 2.27. The van der Waals surface area contributed by atoms with Crippen LogP contribution in [-0.4, -0.2) is 19.1 Å². The first-order chi connectivity index (χ1) is 9.15. The van der Waals surface area contributed by atoms with E-state index in [2.05, 4.69) is 4.98 Å². The van der Waals surface area contributed by atoms with E-state index >= 15 is 0 Å². The highest BCUT2D eigenvalue weighted by atomic mass is 19.1. The maximum absolute atomic E-state index is 13.2. The zero-order valence-corrected chi connectivity index (χ0v) is 10.9. The van der Waals surface area contributed by atoms with Crippen molar-refractivity contribution in [2.75, 3.05) is 19.1 Å². The van der Waals surface area contributed by atoms with Gasteiger partial charge in [-0.25, -0.2) is 9.37 Å². The highest BCUT2D eigenvalue weighted by Gasteiger charge is 2.11. The summed E-state index contributed by atoms with van der Waals surface area (Å²) in [5.74, 6) is 1.00. The number of aromatic nitrogens is 1. The molecule has 0 spiro atoms. The monoisotopic (exact) mass is 261 g/mol. The minimum Gasteiger partial charge on any atom is -0.497 e. The SMILES string of the molecule is COc1cccc(N(C)c2ncc(F)cc2CN)c1. The first-order valence-electron chi connectivity index (χ1n) is 5.88. The molecule has 5 heteroatoms. The van der Waals surface area contributed by atoms with E-state index in [1.165, 1.54) is 12.3 Å². The van der Waals surface area contributed by atoms with Crippen molar-refractivity contribution in [1.29, 1.82) is 0 Å². The quantitative estimate of drug-likeness (QED) is 0.918. The van der Waals surface area contributed by atoms with Crippen LogP contribution in [0.1, 0.15) is 5.56 Å². The molecule has 4 nitrogen and oxygen atoms in total. The van der Waals surface area contributed by atoms with Crippen LogP contribution in [0, 0.1) is 5.82 Å². The predicted octanol–water partition coefficient (Wildman–Crippen LogP) is 2.46. The van der Waals surface area contributed by atoms with E-state index in [1.54, 1.807) is 7.11 Å². The zero-order chi connectivity index (χ0) is 13.8. The Labute approximate surface area is 111 Å². The van der Waals surface area contributed by atoms with Crippen molar-refractivity contribution < 1.29 is 9.13 Å². The minimum absolute atomic E-state index is 0.231. The molecule has 2 aromatic rings. The van der Waals surface area contributed by atoms with Crippen LogP contribution < -0.4 is 15.4 Å². The molecule has 0 saturated carbocycles. The first-order valence-corrected chi connectivity index (χ1v) is 5.88. The summed E-state index contributed by atoms with van der Waals surface area (Å²) in [7, 11) is 3.47. The van der Waals surface area contributed by atoms with Crippen LogP contribution in [0.4, 0.5) is 15.9 Å². The number of hydrogen-bond donors (Lipinski definition) is 1. The van der Waals surface area contributed by atoms with E-state index < -0.39 is 0 Å². The number of anilines is 2. The van der Waals surface area contributed by atoms with Crippen molar-refractivity contribution in [2.24, 2.45) is 5.73 Å². The van der Waals surface area contributed by atoms with Gasteiger partial charge < -0.3 is 15.4 Å². The number of benzene rings is 1. The van der Waals surface area contributed by atoms with E-state index in [1.807, 2.05) is 36.2 Å². The number of rotatable bonds is 4. The lowest BCUT2D eigenvalue weighted by molar-refractivity contribution is 0.415. The smallest absolute Gasteiger partial charge is 0.141 e. The second-order valence-electron chi connectivity index (χ2n) is 4.10. The molecule has 2 N–H and O–H groups in total. The van der Waals surface area contributed by atoms with Gasteiger partial charge >= 0.3 is 0 Å². The standard InChI is InChI=1S/C14H16FN3O/c1-18(12-4-3-5-13(7-12)19-2)14-10(8-16)6-11(15)9-17-14/h3-7,9H,8,16H2,1-2H3. The summed E-state index contributed by atoms with van der Waals surface area (Å²) in [4.78, 5) is 5.96. The van der Waals surface area contributed by atoms with Gasteiger partial charge in [0, 0.05) is 30.9 Å². The highest BCUT2D eigenvalue weighted by molar-refractivity contribution is 5.63. The zero-order valence-electron chi connectivity index (χ0n) is 10.9. The maximum Gasteiger partial charge on any atom is 0.141 e. The molecule has 0 saturated heterocycles. The van der Waals surface area contributed by atoms with Gasteiger partial charge in [-0.15, -0.1) is 0 Å². The molecular weight excluding hydrogens is 245 g/mol. The van der Waals surface area contributed by atoms with E-state index in [4.69, 9.17) is 10.5 Å². The van der Waals surface area contributed by atoms with Gasteiger partial charge in [-0.05, 0) is 18.2 Å². The molecule has 0 unspecified atom stereocenters. The fourth-order valence-corrected chi connectivity index (χ4v) is 1.87. The Morgan fingerprint density at radius 2 is 2.16 bits per heavy atom. The Bertz CT molecular complexity index is 574. The van der Waals surface area contributed by atoms with Crippen molar-refractivity contribution in [2.45, 2.75) is 6.54 Å². The molecule has 0 bridgehead atoms. The number of pyridine rings is 1. The molecule has 1 aromatic heterocycles. The summed E-state index contributed by atoms with van der Waals surface area (Å²) in [5.41, 5.74) is 7.19. The number of hydrogen-bond acceptors (Lipinski definition) is 4. The maximum atomic E-state index is 13.2. The molecule has 2 rings (SSSR count). The van der Waals surface area contributed by atoms with Crippen LogP contribution in [0.15, 0.2) is 36.5 Å². The number of ether oxygens (including phenoxy) is 1. The van der Waals surface area contributed by atoms with Gasteiger partial charge in [0.25, 0.3) is 0 Å². The molecule has 0 aliphatic carbocycles. The molecule has 100 valence electrons. The molecule has 0 amide bonds. The lowest BCUT2D eigenvalue weighted by atomic mass is 10.2. The summed E-state index contributed by atoms with van der Waals surface area (Å²) in [5, 5.41) is 0. The summed E-state index contributed by atoms with van der Waals surface area (Å²) in [6.07, 6.45) is 1.19. The molecule has 1 aromatic carbocycles. The third-order valence-corrected chi connectivity index (χ3v) is 2.89. The number of halogens is 1. The summed E-state index contributed by atoms with van der Waals surface area (Å²) in [6, 6.07) is 8.95. The van der Waals surface area contributed by atoms with Gasteiger partial charge in [-0.1, -0.05) is 6.07 Å².